The maximum Gasteiger partial charge on any atom is 0.221 e. The van der Waals surface area contributed by atoms with Crippen LogP contribution in [0.5, 0.6) is 0 Å². The van der Waals surface area contributed by atoms with Crippen molar-refractivity contribution in [3.63, 3.8) is 0 Å². The third-order valence-electron chi connectivity index (χ3n) is 6.95. The Hall–Kier alpha value is -1.88. The minimum absolute atomic E-state index is 0.00938. The summed E-state index contributed by atoms with van der Waals surface area (Å²) in [7, 11) is -3.61. The van der Waals surface area contributed by atoms with Crippen molar-refractivity contribution in [2.45, 2.75) is 49.1 Å². The van der Waals surface area contributed by atoms with Crippen molar-refractivity contribution < 1.29 is 27.8 Å². The molecule has 0 bridgehead atoms. The Labute approximate surface area is 200 Å². The van der Waals surface area contributed by atoms with Crippen molar-refractivity contribution in [3.8, 4) is 0 Å². The topological polar surface area (TPSA) is 99.1 Å². The van der Waals surface area contributed by atoms with Gasteiger partial charge < -0.3 is 20.3 Å². The fourth-order valence-electron chi connectivity index (χ4n) is 4.91. The summed E-state index contributed by atoms with van der Waals surface area (Å²) < 4.78 is 48.8. The summed E-state index contributed by atoms with van der Waals surface area (Å²) >= 11 is 0. The molecule has 186 valence electrons. The molecule has 0 unspecified atom stereocenters. The van der Waals surface area contributed by atoms with E-state index in [4.69, 9.17) is 9.84 Å². The summed E-state index contributed by atoms with van der Waals surface area (Å²) in [5.41, 5.74) is 1.24. The molecule has 0 amide bonds. The van der Waals surface area contributed by atoms with Crippen LogP contribution < -0.4 is 5.32 Å². The molecule has 34 heavy (non-hydrogen) atoms. The standard InChI is InChI=1S/C25H33FN2O5S/c26-23-15-21(25(10-13-33-14-11-25)27-16-22(30)18-29)9-8-20(23)17-28-12-4-7-24(34(28,31)32)19-5-2-1-3-6-19/h1-3,5-6,8-9,15,22,24,27,29-30H,4,7,10-14,16-18H2/t22-,24-/m1/s1. The van der Waals surface area contributed by atoms with Crippen molar-refractivity contribution in [2.24, 2.45) is 0 Å². The van der Waals surface area contributed by atoms with E-state index in [0.717, 1.165) is 17.5 Å². The summed E-state index contributed by atoms with van der Waals surface area (Å²) in [5, 5.41) is 21.7. The molecule has 0 saturated carbocycles. The Kier molecular flexibility index (Phi) is 8.01. The first kappa shape index (κ1) is 25.2. The highest BCUT2D eigenvalue weighted by Crippen LogP contribution is 2.36. The third-order valence-corrected chi connectivity index (χ3v) is 9.21. The maximum atomic E-state index is 15.3. The van der Waals surface area contributed by atoms with Crippen molar-refractivity contribution in [1.82, 2.24) is 9.62 Å². The lowest BCUT2D eigenvalue weighted by atomic mass is 9.82. The second-order valence-electron chi connectivity index (χ2n) is 9.14. The fraction of sp³-hybridized carbons (Fsp3) is 0.520. The zero-order valence-corrected chi connectivity index (χ0v) is 20.0. The van der Waals surface area contributed by atoms with E-state index >= 15 is 4.39 Å². The normalized spacial score (nSPS) is 23.4. The van der Waals surface area contributed by atoms with Crippen LogP contribution in [0.1, 0.15) is 47.6 Å². The Morgan fingerprint density at radius 3 is 2.59 bits per heavy atom. The smallest absolute Gasteiger partial charge is 0.221 e. The number of rotatable bonds is 8. The van der Waals surface area contributed by atoms with E-state index in [1.807, 2.05) is 36.4 Å². The van der Waals surface area contributed by atoms with Gasteiger partial charge in [-0.2, -0.15) is 4.31 Å². The number of hydrogen-bond acceptors (Lipinski definition) is 6. The van der Waals surface area contributed by atoms with Gasteiger partial charge in [-0.3, -0.25) is 0 Å². The van der Waals surface area contributed by atoms with Gasteiger partial charge in [-0.25, -0.2) is 12.8 Å². The Morgan fingerprint density at radius 2 is 1.91 bits per heavy atom. The molecule has 9 heteroatoms. The van der Waals surface area contributed by atoms with E-state index in [1.165, 1.54) is 10.4 Å². The van der Waals surface area contributed by atoms with Crippen LogP contribution in [-0.4, -0.2) is 62.0 Å². The van der Waals surface area contributed by atoms with Gasteiger partial charge in [-0.1, -0.05) is 42.5 Å². The number of benzene rings is 2. The summed E-state index contributed by atoms with van der Waals surface area (Å²) in [5.74, 6) is -0.454. The first-order valence-electron chi connectivity index (χ1n) is 11.8. The number of nitrogens with zero attached hydrogens (tertiary/aromatic N) is 1. The van der Waals surface area contributed by atoms with Crippen LogP contribution in [0.25, 0.3) is 0 Å². The van der Waals surface area contributed by atoms with Gasteiger partial charge in [0.05, 0.1) is 12.7 Å². The SMILES string of the molecule is O=S1(=O)[C@@H](c2ccccc2)CCCN1Cc1ccc(C2(NC[C@@H](O)CO)CCOCC2)cc1F. The molecule has 0 radical (unpaired) electrons. The predicted molar refractivity (Wildman–Crippen MR) is 127 cm³/mol. The Balaban J connectivity index is 1.54. The minimum Gasteiger partial charge on any atom is -0.394 e. The monoisotopic (exact) mass is 492 g/mol. The van der Waals surface area contributed by atoms with E-state index < -0.39 is 32.7 Å². The second-order valence-corrected chi connectivity index (χ2v) is 11.3. The summed E-state index contributed by atoms with van der Waals surface area (Å²) in [6, 6.07) is 14.1. The molecule has 0 spiro atoms. The first-order chi connectivity index (χ1) is 16.4. The van der Waals surface area contributed by atoms with E-state index in [0.29, 0.717) is 44.6 Å². The third kappa shape index (κ3) is 5.35. The van der Waals surface area contributed by atoms with Crippen LogP contribution in [0.2, 0.25) is 0 Å². The molecule has 2 saturated heterocycles. The molecule has 2 fully saturated rings. The number of nitrogens with one attached hydrogen (secondary N) is 1. The molecule has 4 rings (SSSR count). The zero-order chi connectivity index (χ0) is 24.2. The highest BCUT2D eigenvalue weighted by molar-refractivity contribution is 7.89. The molecule has 2 aliphatic rings. The molecule has 2 aliphatic heterocycles. The zero-order valence-electron chi connectivity index (χ0n) is 19.2. The van der Waals surface area contributed by atoms with Gasteiger partial charge in [-0.15, -0.1) is 0 Å². The van der Waals surface area contributed by atoms with Gasteiger partial charge in [0.15, 0.2) is 0 Å². The van der Waals surface area contributed by atoms with Crippen molar-refractivity contribution in [2.75, 3.05) is 32.9 Å². The molecule has 2 atom stereocenters. The van der Waals surface area contributed by atoms with Crippen molar-refractivity contribution >= 4 is 10.0 Å². The van der Waals surface area contributed by atoms with Gasteiger partial charge in [0.25, 0.3) is 0 Å². The van der Waals surface area contributed by atoms with Crippen LogP contribution in [0.3, 0.4) is 0 Å². The highest BCUT2D eigenvalue weighted by Gasteiger charge is 2.38. The molecule has 2 aromatic rings. The maximum absolute atomic E-state index is 15.3. The average Bonchev–Trinajstić information content (AvgIpc) is 2.85. The molecule has 3 N–H and O–H groups in total. The average molecular weight is 493 g/mol. The van der Waals surface area contributed by atoms with Crippen LogP contribution >= 0.6 is 0 Å². The summed E-state index contributed by atoms with van der Waals surface area (Å²) in [4.78, 5) is 0. The number of ether oxygens (including phenoxy) is 1. The molecule has 0 aliphatic carbocycles. The summed E-state index contributed by atoms with van der Waals surface area (Å²) in [6.45, 7) is 1.17. The number of sulfonamides is 1. The molecule has 2 aromatic carbocycles. The van der Waals surface area contributed by atoms with Crippen molar-refractivity contribution in [1.29, 1.82) is 0 Å². The Morgan fingerprint density at radius 1 is 1.18 bits per heavy atom. The lowest BCUT2D eigenvalue weighted by Crippen LogP contribution is -2.49. The van der Waals surface area contributed by atoms with E-state index in [1.54, 1.807) is 6.07 Å². The van der Waals surface area contributed by atoms with Gasteiger partial charge in [0, 0.05) is 44.0 Å². The molecular formula is C25H33FN2O5S. The van der Waals surface area contributed by atoms with Gasteiger partial charge in [-0.05, 0) is 42.9 Å². The van der Waals surface area contributed by atoms with Crippen LogP contribution in [0.4, 0.5) is 4.39 Å². The number of aliphatic hydroxyl groups is 2. The quantitative estimate of drug-likeness (QED) is 0.524. The lowest BCUT2D eigenvalue weighted by Gasteiger charge is -2.39. The second kappa shape index (κ2) is 10.8. The van der Waals surface area contributed by atoms with Crippen LogP contribution in [-0.2, 0) is 26.8 Å². The predicted octanol–water partition coefficient (Wildman–Crippen LogP) is 2.44. The number of halogens is 1. The minimum atomic E-state index is -3.61. The Bertz CT molecular complexity index is 1060. The first-order valence-corrected chi connectivity index (χ1v) is 13.3. The molecule has 0 aromatic heterocycles. The van der Waals surface area contributed by atoms with Crippen LogP contribution in [0, 0.1) is 5.82 Å². The number of hydrogen-bond donors (Lipinski definition) is 3. The summed E-state index contributed by atoms with van der Waals surface area (Å²) in [6.07, 6.45) is 1.57. The van der Waals surface area contributed by atoms with Crippen molar-refractivity contribution in [3.05, 3.63) is 71.0 Å². The van der Waals surface area contributed by atoms with E-state index in [-0.39, 0.29) is 19.7 Å². The van der Waals surface area contributed by atoms with Gasteiger partial charge in [0.1, 0.15) is 11.1 Å². The largest absolute Gasteiger partial charge is 0.394 e. The van der Waals surface area contributed by atoms with E-state index in [2.05, 4.69) is 5.32 Å². The molecule has 7 nitrogen and oxygen atoms in total. The fourth-order valence-corrected chi connectivity index (χ4v) is 6.94. The highest BCUT2D eigenvalue weighted by atomic mass is 32.2. The lowest BCUT2D eigenvalue weighted by molar-refractivity contribution is 0.0242. The van der Waals surface area contributed by atoms with Gasteiger partial charge in [0.2, 0.25) is 10.0 Å². The van der Waals surface area contributed by atoms with Gasteiger partial charge >= 0.3 is 0 Å². The molecule has 2 heterocycles. The molecular weight excluding hydrogens is 459 g/mol. The van der Waals surface area contributed by atoms with Crippen LogP contribution in [0.15, 0.2) is 48.5 Å². The number of aliphatic hydroxyl groups excluding tert-OH is 2. The van der Waals surface area contributed by atoms with E-state index in [9.17, 15) is 13.5 Å².